The fourth-order valence-corrected chi connectivity index (χ4v) is 11.7. The Balaban J connectivity index is 4.07. The largest absolute Gasteiger partial charge is 0.545 e. The van der Waals surface area contributed by atoms with E-state index in [0.717, 1.165) is 109 Å². The number of aliphatic carboxylic acids is 1. The van der Waals surface area contributed by atoms with Gasteiger partial charge in [0.15, 0.2) is 12.4 Å². The van der Waals surface area contributed by atoms with Crippen LogP contribution in [0.2, 0.25) is 0 Å². The lowest BCUT2D eigenvalue weighted by molar-refractivity contribution is -0.870. The Morgan fingerprint density at radius 3 is 0.867 bits per heavy atom. The molecule has 0 aliphatic carbocycles. The smallest absolute Gasteiger partial charge is 0.306 e. The van der Waals surface area contributed by atoms with Gasteiger partial charge in [-0.25, -0.2) is 0 Å². The number of carboxylic acid groups (broad SMARTS) is 1. The van der Waals surface area contributed by atoms with Crippen molar-refractivity contribution in [1.29, 1.82) is 0 Å². The summed E-state index contributed by atoms with van der Waals surface area (Å²) in [5.41, 5.74) is 0. The molecule has 0 N–H and O–H groups in total. The molecule has 0 spiro atoms. The zero-order valence-electron chi connectivity index (χ0n) is 64.6. The Bertz CT molecular complexity index is 2030. The third-order valence-corrected chi connectivity index (χ3v) is 18.0. The molecule has 564 valence electrons. The van der Waals surface area contributed by atoms with Gasteiger partial charge in [-0.05, 0) is 89.9 Å². The summed E-state index contributed by atoms with van der Waals surface area (Å²) in [7, 11) is 5.93. The maximum Gasteiger partial charge on any atom is 0.306 e. The number of quaternary nitrogens is 1. The van der Waals surface area contributed by atoms with Crippen LogP contribution in [0.3, 0.4) is 0 Å². The topological polar surface area (TPSA) is 111 Å². The van der Waals surface area contributed by atoms with Gasteiger partial charge in [-0.15, -0.1) is 0 Å². The molecule has 0 radical (unpaired) electrons. The highest BCUT2D eigenvalue weighted by atomic mass is 16.7. The highest BCUT2D eigenvalue weighted by molar-refractivity contribution is 5.70. The number of esters is 2. The van der Waals surface area contributed by atoms with Gasteiger partial charge in [-0.2, -0.15) is 0 Å². The molecule has 0 saturated heterocycles. The van der Waals surface area contributed by atoms with Crippen LogP contribution in [0.15, 0.2) is 122 Å². The number of hydrogen-bond acceptors (Lipinski definition) is 8. The zero-order chi connectivity index (χ0) is 71.1. The third-order valence-electron chi connectivity index (χ3n) is 18.0. The first-order chi connectivity index (χ1) is 48.1. The fraction of sp³-hybridized carbons (Fsp3) is 0.742. The highest BCUT2D eigenvalue weighted by Crippen LogP contribution is 2.19. The van der Waals surface area contributed by atoms with E-state index in [1.54, 1.807) is 0 Å². The molecule has 0 heterocycles. The number of nitrogens with zero attached hydrogens (tertiary/aromatic N) is 1. The number of ether oxygens (including phenoxy) is 4. The maximum atomic E-state index is 13.0. The van der Waals surface area contributed by atoms with Crippen molar-refractivity contribution in [3.8, 4) is 0 Å². The van der Waals surface area contributed by atoms with Gasteiger partial charge >= 0.3 is 11.9 Å². The minimum absolute atomic E-state index is 0.138. The lowest BCUT2D eigenvalue weighted by Crippen LogP contribution is -2.44. The molecule has 0 rings (SSSR count). The van der Waals surface area contributed by atoms with Crippen LogP contribution in [-0.2, 0) is 33.3 Å². The van der Waals surface area contributed by atoms with E-state index in [1.807, 2.05) is 21.1 Å². The maximum absolute atomic E-state index is 13.0. The van der Waals surface area contributed by atoms with Crippen LogP contribution >= 0.6 is 0 Å². The molecule has 9 nitrogen and oxygen atoms in total. The van der Waals surface area contributed by atoms with E-state index in [9.17, 15) is 19.5 Å². The molecule has 9 heteroatoms. The summed E-state index contributed by atoms with van der Waals surface area (Å²) < 4.78 is 22.8. The molecule has 0 aromatic heterocycles. The molecule has 0 fully saturated rings. The van der Waals surface area contributed by atoms with Crippen molar-refractivity contribution in [2.45, 2.75) is 379 Å². The van der Waals surface area contributed by atoms with E-state index < -0.39 is 24.3 Å². The zero-order valence-corrected chi connectivity index (χ0v) is 64.6. The molecule has 2 atom stereocenters. The molecular formula is C89H155NO8. The Hall–Kier alpha value is -4.31. The van der Waals surface area contributed by atoms with Crippen molar-refractivity contribution < 1.29 is 42.9 Å². The van der Waals surface area contributed by atoms with E-state index in [4.69, 9.17) is 18.9 Å². The first-order valence-corrected chi connectivity index (χ1v) is 41.2. The summed E-state index contributed by atoms with van der Waals surface area (Å²) in [6.45, 7) is 4.64. The first kappa shape index (κ1) is 93.7. The van der Waals surface area contributed by atoms with Crippen LogP contribution in [0.1, 0.15) is 367 Å². The van der Waals surface area contributed by atoms with Crippen LogP contribution in [0.25, 0.3) is 0 Å². The van der Waals surface area contributed by atoms with Crippen molar-refractivity contribution in [3.63, 3.8) is 0 Å². The summed E-state index contributed by atoms with van der Waals surface area (Å²) in [5.74, 6) is -2.31. The molecule has 0 amide bonds. The summed E-state index contributed by atoms with van der Waals surface area (Å²) in [6, 6.07) is 0. The van der Waals surface area contributed by atoms with Gasteiger partial charge in [0.25, 0.3) is 0 Å². The van der Waals surface area contributed by atoms with E-state index in [2.05, 4.69) is 135 Å². The molecule has 0 aliphatic rings. The Kier molecular flexibility index (Phi) is 75.0. The Morgan fingerprint density at radius 2 is 0.582 bits per heavy atom. The van der Waals surface area contributed by atoms with Crippen LogP contribution in [0, 0.1) is 0 Å². The first-order valence-electron chi connectivity index (χ1n) is 41.2. The highest BCUT2D eigenvalue weighted by Gasteiger charge is 2.22. The lowest BCUT2D eigenvalue weighted by Gasteiger charge is -2.26. The molecule has 0 aliphatic heterocycles. The van der Waals surface area contributed by atoms with Gasteiger partial charge in [-0.3, -0.25) is 9.59 Å². The Labute approximate surface area is 606 Å². The summed E-state index contributed by atoms with van der Waals surface area (Å²) in [5, 5.41) is 11.9. The van der Waals surface area contributed by atoms with Crippen LogP contribution in [0.4, 0.5) is 0 Å². The molecule has 0 bridgehead atoms. The van der Waals surface area contributed by atoms with Crippen LogP contribution < -0.4 is 5.11 Å². The van der Waals surface area contributed by atoms with Gasteiger partial charge in [0.1, 0.15) is 13.2 Å². The van der Waals surface area contributed by atoms with Gasteiger partial charge in [-0.1, -0.05) is 386 Å². The minimum atomic E-state index is -1.64. The summed E-state index contributed by atoms with van der Waals surface area (Å²) >= 11 is 0. The van der Waals surface area contributed by atoms with Gasteiger partial charge in [0.2, 0.25) is 0 Å². The molecular weight excluding hydrogens is 1210 g/mol. The number of hydrogen-bond donors (Lipinski definition) is 0. The average molecular weight is 1370 g/mol. The predicted octanol–water partition coefficient (Wildman–Crippen LogP) is 25.3. The van der Waals surface area contributed by atoms with Crippen LogP contribution in [0.5, 0.6) is 0 Å². The lowest BCUT2D eigenvalue weighted by atomic mass is 10.0. The fourth-order valence-electron chi connectivity index (χ4n) is 11.7. The standard InChI is InChI=1S/C89H155NO8/c1-6-8-10-12-14-16-18-20-22-24-26-28-30-32-34-36-38-40-42-43-44-46-47-49-51-53-55-57-59-61-63-65-67-69-71-73-75-77-79-86(91)96-83-85(84-97-89(88(93)94)95-82-81-90(3,4)5)98-87(92)80-78-76-74-72-70-68-66-64-62-60-58-56-54-52-50-48-45-41-39-37-35-33-31-29-27-25-23-21-19-17-15-13-11-9-7-2/h9,11,15,17,21,23,27,29,33,35,39,41,48,50,54,56,60,62,66,68,85,89H,6-8,10,12-14,16,18-20,22,24-26,28,30-32,34,36-38,40,42-47,49,51-53,55,57-59,61,63-65,67,69-84H2,1-5H3/b11-9-,17-15-,23-21-,29-27-,35-33-,41-39-,50-48-,56-54-,62-60-,68-66-. The van der Waals surface area contributed by atoms with Crippen molar-refractivity contribution in [3.05, 3.63) is 122 Å². The number of unbranched alkanes of at least 4 members (excludes halogenated alkanes) is 41. The third kappa shape index (κ3) is 79.0. The summed E-state index contributed by atoms with van der Waals surface area (Å²) in [4.78, 5) is 37.6. The van der Waals surface area contributed by atoms with Crippen molar-refractivity contribution in [2.24, 2.45) is 0 Å². The minimum Gasteiger partial charge on any atom is -0.545 e. The second kappa shape index (κ2) is 78.4. The Morgan fingerprint density at radius 1 is 0.316 bits per heavy atom. The van der Waals surface area contributed by atoms with E-state index in [1.165, 1.54) is 225 Å². The molecule has 0 aromatic carbocycles. The van der Waals surface area contributed by atoms with Crippen molar-refractivity contribution in [1.82, 2.24) is 0 Å². The van der Waals surface area contributed by atoms with E-state index in [-0.39, 0.29) is 38.6 Å². The average Bonchev–Trinajstić information content (AvgIpc) is 1.34. The normalized spacial score (nSPS) is 13.3. The number of carbonyl (C=O) groups is 3. The second-order valence-corrected chi connectivity index (χ2v) is 28.7. The number of rotatable bonds is 76. The summed E-state index contributed by atoms with van der Waals surface area (Å²) in [6.07, 6.45) is 109. The second-order valence-electron chi connectivity index (χ2n) is 28.7. The van der Waals surface area contributed by atoms with Gasteiger partial charge in [0, 0.05) is 12.8 Å². The van der Waals surface area contributed by atoms with E-state index in [0.29, 0.717) is 17.4 Å². The van der Waals surface area contributed by atoms with E-state index >= 15 is 0 Å². The number of carbonyl (C=O) groups excluding carboxylic acids is 3. The van der Waals surface area contributed by atoms with Crippen LogP contribution in [-0.4, -0.2) is 82.3 Å². The van der Waals surface area contributed by atoms with Gasteiger partial charge < -0.3 is 33.3 Å². The predicted molar refractivity (Wildman–Crippen MR) is 421 cm³/mol. The number of likely N-dealkylation sites (N-methyl/N-ethyl adjacent to an activating group) is 1. The number of allylic oxidation sites excluding steroid dienone is 20. The molecule has 0 aromatic rings. The quantitative estimate of drug-likeness (QED) is 0.0195. The van der Waals surface area contributed by atoms with Gasteiger partial charge in [0.05, 0.1) is 40.3 Å². The van der Waals surface area contributed by atoms with Crippen molar-refractivity contribution >= 4 is 17.9 Å². The van der Waals surface area contributed by atoms with Crippen molar-refractivity contribution in [2.75, 3.05) is 47.5 Å². The number of carboxylic acids is 1. The SMILES string of the molecule is CC/C=C\C/C=C\C/C=C\C/C=C\C/C=C\C/C=C\C/C=C\C/C=C\C/C=C\C/C=C\CCCCCCC(=O)OC(COC(=O)CCCCCCCCCCCCCCCCCCCCCCCCCCCCCCCCCCCCCCCC)COC(OCC[N+](C)(C)C)C(=O)[O-]. The molecule has 0 saturated carbocycles. The molecule has 98 heavy (non-hydrogen) atoms. The monoisotopic (exact) mass is 1370 g/mol. The molecule has 2 unspecified atom stereocenters.